The summed E-state index contributed by atoms with van der Waals surface area (Å²) in [5.74, 6) is 0.0467. The van der Waals surface area contributed by atoms with Crippen LogP contribution < -0.4 is 0 Å². The second kappa shape index (κ2) is 4.55. The van der Waals surface area contributed by atoms with E-state index in [0.717, 1.165) is 0 Å². The molecule has 0 atom stereocenters. The van der Waals surface area contributed by atoms with Gasteiger partial charge in [0.15, 0.2) is 5.82 Å². The molecule has 17 heavy (non-hydrogen) atoms. The Hall–Kier alpha value is -1.88. The maximum Gasteiger partial charge on any atom is 0.342 e. The summed E-state index contributed by atoms with van der Waals surface area (Å²) >= 11 is 6.10. The van der Waals surface area contributed by atoms with E-state index in [0.29, 0.717) is 11.5 Å². The number of esters is 1. The van der Waals surface area contributed by atoms with E-state index in [4.69, 9.17) is 11.6 Å². The Labute approximate surface area is 103 Å². The Morgan fingerprint density at radius 1 is 1.47 bits per heavy atom. The van der Waals surface area contributed by atoms with E-state index in [1.54, 1.807) is 25.3 Å². The first-order chi connectivity index (χ1) is 8.15. The van der Waals surface area contributed by atoms with Crippen LogP contribution in [0, 0.1) is 6.92 Å². The van der Waals surface area contributed by atoms with Gasteiger partial charge in [0.2, 0.25) is 0 Å². The summed E-state index contributed by atoms with van der Waals surface area (Å²) in [5, 5.41) is 4.37. The van der Waals surface area contributed by atoms with E-state index in [1.807, 2.05) is 6.07 Å². The van der Waals surface area contributed by atoms with Gasteiger partial charge in [-0.1, -0.05) is 17.7 Å². The summed E-state index contributed by atoms with van der Waals surface area (Å²) in [7, 11) is 1.30. The lowest BCUT2D eigenvalue weighted by Crippen LogP contribution is -2.03. The van der Waals surface area contributed by atoms with Gasteiger partial charge < -0.3 is 4.74 Å². The standard InChI is InChI=1S/C11H10ClN3O2/c1-7-9(11(16)17-2)10(12)15(14-7)8-5-3-4-6-13-8/h3-6H,1-2H3. The lowest BCUT2D eigenvalue weighted by Gasteiger charge is -2.01. The lowest BCUT2D eigenvalue weighted by molar-refractivity contribution is 0.0600. The molecule has 0 aliphatic carbocycles. The summed E-state index contributed by atoms with van der Waals surface area (Å²) in [5.41, 5.74) is 0.771. The maximum atomic E-state index is 11.5. The average Bonchev–Trinajstić information content (AvgIpc) is 2.65. The van der Waals surface area contributed by atoms with Crippen LogP contribution in [0.25, 0.3) is 5.82 Å². The highest BCUT2D eigenvalue weighted by atomic mass is 35.5. The molecule has 0 saturated heterocycles. The predicted octanol–water partition coefficient (Wildman–Crippen LogP) is 2.02. The molecule has 0 bridgehead atoms. The number of carbonyl (C=O) groups is 1. The van der Waals surface area contributed by atoms with Crippen LogP contribution in [0.2, 0.25) is 5.15 Å². The molecule has 0 unspecified atom stereocenters. The van der Waals surface area contributed by atoms with E-state index in [9.17, 15) is 4.79 Å². The average molecular weight is 252 g/mol. The second-order valence-electron chi connectivity index (χ2n) is 3.34. The molecule has 0 saturated carbocycles. The molecular weight excluding hydrogens is 242 g/mol. The lowest BCUT2D eigenvalue weighted by atomic mass is 10.3. The zero-order valence-electron chi connectivity index (χ0n) is 9.35. The van der Waals surface area contributed by atoms with Gasteiger partial charge in [-0.05, 0) is 19.1 Å². The molecule has 6 heteroatoms. The highest BCUT2D eigenvalue weighted by Crippen LogP contribution is 2.22. The second-order valence-corrected chi connectivity index (χ2v) is 3.70. The Balaban J connectivity index is 2.56. The van der Waals surface area contributed by atoms with Crippen molar-refractivity contribution >= 4 is 17.6 Å². The number of aromatic nitrogens is 3. The molecule has 0 amide bonds. The Morgan fingerprint density at radius 3 is 2.82 bits per heavy atom. The normalized spacial score (nSPS) is 10.3. The first-order valence-electron chi connectivity index (χ1n) is 4.90. The number of carbonyl (C=O) groups excluding carboxylic acids is 1. The maximum absolute atomic E-state index is 11.5. The molecule has 0 radical (unpaired) electrons. The summed E-state index contributed by atoms with van der Waals surface area (Å²) < 4.78 is 6.06. The van der Waals surface area contributed by atoms with Crippen molar-refractivity contribution in [2.75, 3.05) is 7.11 Å². The minimum Gasteiger partial charge on any atom is -0.465 e. The van der Waals surface area contributed by atoms with Gasteiger partial charge in [-0.25, -0.2) is 14.5 Å². The van der Waals surface area contributed by atoms with Gasteiger partial charge >= 0.3 is 5.97 Å². The SMILES string of the molecule is COC(=O)c1c(C)nn(-c2ccccn2)c1Cl. The number of methoxy groups -OCH3 is 1. The van der Waals surface area contributed by atoms with Crippen LogP contribution in [-0.4, -0.2) is 27.8 Å². The zero-order chi connectivity index (χ0) is 12.4. The zero-order valence-corrected chi connectivity index (χ0v) is 10.1. The molecule has 5 nitrogen and oxygen atoms in total. The van der Waals surface area contributed by atoms with Gasteiger partial charge in [0.1, 0.15) is 10.7 Å². The number of hydrogen-bond donors (Lipinski definition) is 0. The van der Waals surface area contributed by atoms with Crippen molar-refractivity contribution in [2.45, 2.75) is 6.92 Å². The Morgan fingerprint density at radius 2 is 2.24 bits per heavy atom. The van der Waals surface area contributed by atoms with Gasteiger partial charge in [0, 0.05) is 6.20 Å². The van der Waals surface area contributed by atoms with Crippen LogP contribution in [0.1, 0.15) is 16.1 Å². The molecule has 2 aromatic rings. The van der Waals surface area contributed by atoms with E-state index in [2.05, 4.69) is 14.8 Å². The first-order valence-corrected chi connectivity index (χ1v) is 5.27. The summed E-state index contributed by atoms with van der Waals surface area (Å²) in [6.07, 6.45) is 1.63. The van der Waals surface area contributed by atoms with E-state index < -0.39 is 5.97 Å². The third-order valence-corrected chi connectivity index (χ3v) is 2.61. The third-order valence-electron chi connectivity index (χ3n) is 2.26. The van der Waals surface area contributed by atoms with Crippen LogP contribution in [0.4, 0.5) is 0 Å². The molecule has 0 aromatic carbocycles. The molecule has 0 aliphatic heterocycles. The molecular formula is C11H10ClN3O2. The van der Waals surface area contributed by atoms with Gasteiger partial charge in [0.25, 0.3) is 0 Å². The van der Waals surface area contributed by atoms with E-state index in [-0.39, 0.29) is 10.7 Å². The predicted molar refractivity (Wildman–Crippen MR) is 62.4 cm³/mol. The van der Waals surface area contributed by atoms with Crippen molar-refractivity contribution in [3.8, 4) is 5.82 Å². The molecule has 0 spiro atoms. The molecule has 2 heterocycles. The number of pyridine rings is 1. The van der Waals surface area contributed by atoms with Crippen molar-refractivity contribution in [1.82, 2.24) is 14.8 Å². The quantitative estimate of drug-likeness (QED) is 0.766. The molecule has 88 valence electrons. The fourth-order valence-corrected chi connectivity index (χ4v) is 1.80. The summed E-state index contributed by atoms with van der Waals surface area (Å²) in [6, 6.07) is 5.35. The van der Waals surface area contributed by atoms with E-state index >= 15 is 0 Å². The number of aryl methyl sites for hydroxylation is 1. The fourth-order valence-electron chi connectivity index (χ4n) is 1.46. The van der Waals surface area contributed by atoms with Crippen molar-refractivity contribution in [3.63, 3.8) is 0 Å². The monoisotopic (exact) mass is 251 g/mol. The first kappa shape index (κ1) is 11.6. The smallest absolute Gasteiger partial charge is 0.342 e. The van der Waals surface area contributed by atoms with Gasteiger partial charge in [-0.15, -0.1) is 0 Å². The van der Waals surface area contributed by atoms with Crippen molar-refractivity contribution in [1.29, 1.82) is 0 Å². The van der Waals surface area contributed by atoms with Crippen LogP contribution in [0.3, 0.4) is 0 Å². The molecule has 2 aromatic heterocycles. The van der Waals surface area contributed by atoms with Crippen LogP contribution in [0.5, 0.6) is 0 Å². The van der Waals surface area contributed by atoms with E-state index in [1.165, 1.54) is 11.8 Å². The number of halogens is 1. The largest absolute Gasteiger partial charge is 0.465 e. The van der Waals surface area contributed by atoms with Gasteiger partial charge in [-0.3, -0.25) is 0 Å². The van der Waals surface area contributed by atoms with Crippen molar-refractivity contribution < 1.29 is 9.53 Å². The molecule has 0 N–H and O–H groups in total. The fraction of sp³-hybridized carbons (Fsp3) is 0.182. The van der Waals surface area contributed by atoms with Crippen LogP contribution in [0.15, 0.2) is 24.4 Å². The third kappa shape index (κ3) is 2.01. The van der Waals surface area contributed by atoms with Gasteiger partial charge in [0.05, 0.1) is 12.8 Å². The number of ether oxygens (including phenoxy) is 1. The molecule has 2 rings (SSSR count). The highest BCUT2D eigenvalue weighted by Gasteiger charge is 2.21. The van der Waals surface area contributed by atoms with Crippen LogP contribution in [-0.2, 0) is 4.74 Å². The number of rotatable bonds is 2. The summed E-state index contributed by atoms with van der Waals surface area (Å²) in [4.78, 5) is 15.6. The van der Waals surface area contributed by atoms with Crippen molar-refractivity contribution in [2.24, 2.45) is 0 Å². The Kier molecular flexibility index (Phi) is 3.10. The minimum absolute atomic E-state index is 0.202. The number of hydrogen-bond acceptors (Lipinski definition) is 4. The van der Waals surface area contributed by atoms with Gasteiger partial charge in [-0.2, -0.15) is 5.10 Å². The topological polar surface area (TPSA) is 57.0 Å². The molecule has 0 aliphatic rings. The summed E-state index contributed by atoms with van der Waals surface area (Å²) in [6.45, 7) is 1.69. The highest BCUT2D eigenvalue weighted by molar-refractivity contribution is 6.33. The minimum atomic E-state index is -0.505. The van der Waals surface area contributed by atoms with Crippen LogP contribution >= 0.6 is 11.6 Å². The molecule has 0 fully saturated rings. The Bertz CT molecular complexity index is 551. The van der Waals surface area contributed by atoms with Crippen molar-refractivity contribution in [3.05, 3.63) is 40.8 Å². The number of nitrogens with zero attached hydrogens (tertiary/aromatic N) is 3.